The number of likely N-dealkylation sites (tertiary alicyclic amines) is 1. The van der Waals surface area contributed by atoms with Crippen LogP contribution in [0.15, 0.2) is 36.4 Å². The van der Waals surface area contributed by atoms with E-state index in [4.69, 9.17) is 4.74 Å². The summed E-state index contributed by atoms with van der Waals surface area (Å²) in [5.41, 5.74) is 3.98. The van der Waals surface area contributed by atoms with Crippen molar-refractivity contribution in [1.82, 2.24) is 14.4 Å². The number of benzene rings is 1. The lowest BCUT2D eigenvalue weighted by molar-refractivity contribution is -0.148. The van der Waals surface area contributed by atoms with E-state index in [0.29, 0.717) is 25.7 Å². The molecule has 0 radical (unpaired) electrons. The molecule has 1 saturated carbocycles. The second-order valence-corrected chi connectivity index (χ2v) is 10.1. The molecule has 5 rings (SSSR count). The van der Waals surface area contributed by atoms with E-state index in [1.54, 1.807) is 6.92 Å². The summed E-state index contributed by atoms with van der Waals surface area (Å²) in [6.45, 7) is 7.99. The average Bonchev–Trinajstić information content (AvgIpc) is 3.57. The zero-order chi connectivity index (χ0) is 23.2. The van der Waals surface area contributed by atoms with Gasteiger partial charge in [-0.15, -0.1) is 0 Å². The molecule has 3 heterocycles. The Labute approximate surface area is 196 Å². The number of carbonyl (C=O) groups is 2. The summed E-state index contributed by atoms with van der Waals surface area (Å²) in [6.07, 6.45) is 5.77. The van der Waals surface area contributed by atoms with Crippen molar-refractivity contribution in [2.75, 3.05) is 19.7 Å². The monoisotopic (exact) mass is 449 g/mol. The Balaban J connectivity index is 1.22. The average molecular weight is 450 g/mol. The fourth-order valence-corrected chi connectivity index (χ4v) is 5.88. The molecule has 0 N–H and O–H groups in total. The maximum Gasteiger partial charge on any atom is 0.253 e. The molecule has 2 amide bonds. The van der Waals surface area contributed by atoms with E-state index in [2.05, 4.69) is 35.4 Å². The third kappa shape index (κ3) is 4.33. The van der Waals surface area contributed by atoms with Gasteiger partial charge in [0.25, 0.3) is 5.91 Å². The van der Waals surface area contributed by atoms with Crippen molar-refractivity contribution in [3.05, 3.63) is 53.3 Å². The fourth-order valence-electron chi connectivity index (χ4n) is 5.88. The number of ether oxygens (including phenoxy) is 1. The Morgan fingerprint density at radius 3 is 2.15 bits per heavy atom. The van der Waals surface area contributed by atoms with Gasteiger partial charge in [0.2, 0.25) is 5.91 Å². The van der Waals surface area contributed by atoms with E-state index in [1.165, 1.54) is 11.4 Å². The molecule has 33 heavy (non-hydrogen) atoms. The topological polar surface area (TPSA) is 54.8 Å². The number of aromatic nitrogens is 1. The number of rotatable bonds is 4. The molecule has 0 bridgehead atoms. The van der Waals surface area contributed by atoms with Crippen molar-refractivity contribution >= 4 is 11.8 Å². The quantitative estimate of drug-likeness (QED) is 0.701. The molecule has 1 atom stereocenters. The Kier molecular flexibility index (Phi) is 5.81. The zero-order valence-corrected chi connectivity index (χ0v) is 20.0. The van der Waals surface area contributed by atoms with Gasteiger partial charge < -0.3 is 19.1 Å². The molecule has 6 heteroatoms. The van der Waals surface area contributed by atoms with Crippen molar-refractivity contribution in [2.24, 2.45) is 0 Å². The van der Waals surface area contributed by atoms with Gasteiger partial charge in [0, 0.05) is 61.3 Å². The van der Waals surface area contributed by atoms with Gasteiger partial charge in [-0.05, 0) is 88.8 Å². The van der Waals surface area contributed by atoms with Crippen LogP contribution in [0.2, 0.25) is 0 Å². The van der Waals surface area contributed by atoms with Crippen LogP contribution < -0.4 is 0 Å². The standard InChI is InChI=1S/C27H35N3O3/c1-19-4-5-20(2)29(19)23-8-6-22(7-9-23)26(32)28-15-13-27(14-16-28)18-25(12-17-33-27)30(21(3)31)24-10-11-24/h4-9,24-25H,10-18H2,1-3H3. The van der Waals surface area contributed by atoms with Crippen molar-refractivity contribution in [2.45, 2.75) is 77.0 Å². The van der Waals surface area contributed by atoms with Gasteiger partial charge in [0.1, 0.15) is 0 Å². The summed E-state index contributed by atoms with van der Waals surface area (Å²) in [6, 6.07) is 12.9. The van der Waals surface area contributed by atoms with Crippen LogP contribution >= 0.6 is 0 Å². The van der Waals surface area contributed by atoms with Crippen LogP contribution in [-0.4, -0.2) is 63.6 Å². The molecular weight excluding hydrogens is 414 g/mol. The lowest BCUT2D eigenvalue weighted by atomic mass is 9.81. The second-order valence-electron chi connectivity index (χ2n) is 10.1. The molecule has 1 aromatic carbocycles. The van der Waals surface area contributed by atoms with Gasteiger partial charge in [0.15, 0.2) is 0 Å². The normalized spacial score (nSPS) is 22.4. The number of piperidine rings is 1. The first-order chi connectivity index (χ1) is 15.9. The van der Waals surface area contributed by atoms with Crippen LogP contribution in [0.25, 0.3) is 5.69 Å². The summed E-state index contributed by atoms with van der Waals surface area (Å²) in [5, 5.41) is 0. The van der Waals surface area contributed by atoms with E-state index in [0.717, 1.165) is 49.8 Å². The molecule has 1 unspecified atom stereocenters. The lowest BCUT2D eigenvalue weighted by Gasteiger charge is -2.48. The van der Waals surface area contributed by atoms with Gasteiger partial charge in [-0.1, -0.05) is 0 Å². The maximum atomic E-state index is 13.2. The summed E-state index contributed by atoms with van der Waals surface area (Å²) in [4.78, 5) is 29.5. The Morgan fingerprint density at radius 1 is 0.939 bits per heavy atom. The molecular formula is C27H35N3O3. The molecule has 1 spiro atoms. The Bertz CT molecular complexity index is 1010. The first kappa shape index (κ1) is 22.2. The maximum absolute atomic E-state index is 13.2. The van der Waals surface area contributed by atoms with Crippen molar-refractivity contribution in [3.8, 4) is 5.69 Å². The van der Waals surface area contributed by atoms with Crippen LogP contribution in [0.4, 0.5) is 0 Å². The Hall–Kier alpha value is -2.60. The van der Waals surface area contributed by atoms with Gasteiger partial charge >= 0.3 is 0 Å². The van der Waals surface area contributed by atoms with Crippen LogP contribution in [0.5, 0.6) is 0 Å². The minimum Gasteiger partial charge on any atom is -0.375 e. The van der Waals surface area contributed by atoms with Gasteiger partial charge in [-0.25, -0.2) is 0 Å². The van der Waals surface area contributed by atoms with Gasteiger partial charge in [-0.2, -0.15) is 0 Å². The molecule has 3 aliphatic rings. The van der Waals surface area contributed by atoms with Crippen LogP contribution in [0.3, 0.4) is 0 Å². The number of nitrogens with zero attached hydrogens (tertiary/aromatic N) is 3. The van der Waals surface area contributed by atoms with E-state index in [1.807, 2.05) is 29.2 Å². The van der Waals surface area contributed by atoms with Crippen molar-refractivity contribution in [1.29, 1.82) is 0 Å². The predicted molar refractivity (Wildman–Crippen MR) is 128 cm³/mol. The first-order valence-electron chi connectivity index (χ1n) is 12.3. The molecule has 3 fully saturated rings. The van der Waals surface area contributed by atoms with E-state index in [9.17, 15) is 9.59 Å². The molecule has 2 saturated heterocycles. The zero-order valence-electron chi connectivity index (χ0n) is 20.0. The Morgan fingerprint density at radius 2 is 1.58 bits per heavy atom. The molecule has 2 aromatic rings. The summed E-state index contributed by atoms with van der Waals surface area (Å²) in [7, 11) is 0. The predicted octanol–water partition coefficient (Wildman–Crippen LogP) is 4.26. The lowest BCUT2D eigenvalue weighted by Crippen LogP contribution is -2.55. The first-order valence-corrected chi connectivity index (χ1v) is 12.3. The largest absolute Gasteiger partial charge is 0.375 e. The number of hydrogen-bond acceptors (Lipinski definition) is 3. The molecule has 1 aliphatic carbocycles. The number of carbonyl (C=O) groups excluding carboxylic acids is 2. The van der Waals surface area contributed by atoms with Gasteiger partial charge in [-0.3, -0.25) is 9.59 Å². The highest BCUT2D eigenvalue weighted by molar-refractivity contribution is 5.94. The second kappa shape index (κ2) is 8.64. The van der Waals surface area contributed by atoms with E-state index in [-0.39, 0.29) is 23.5 Å². The van der Waals surface area contributed by atoms with Crippen molar-refractivity contribution in [3.63, 3.8) is 0 Å². The molecule has 2 aliphatic heterocycles. The van der Waals surface area contributed by atoms with Crippen molar-refractivity contribution < 1.29 is 14.3 Å². The smallest absolute Gasteiger partial charge is 0.253 e. The fraction of sp³-hybridized carbons (Fsp3) is 0.556. The minimum absolute atomic E-state index is 0.0908. The van der Waals surface area contributed by atoms with E-state index >= 15 is 0 Å². The van der Waals surface area contributed by atoms with E-state index < -0.39 is 0 Å². The minimum atomic E-state index is -0.199. The molecule has 6 nitrogen and oxygen atoms in total. The number of amides is 2. The summed E-state index contributed by atoms with van der Waals surface area (Å²) < 4.78 is 8.50. The van der Waals surface area contributed by atoms with Crippen LogP contribution in [0.1, 0.15) is 67.2 Å². The third-order valence-electron chi connectivity index (χ3n) is 7.77. The molecule has 176 valence electrons. The number of hydrogen-bond donors (Lipinski definition) is 0. The van der Waals surface area contributed by atoms with Crippen LogP contribution in [0, 0.1) is 13.8 Å². The molecule has 1 aromatic heterocycles. The highest BCUT2D eigenvalue weighted by Gasteiger charge is 2.45. The van der Waals surface area contributed by atoms with Crippen LogP contribution in [-0.2, 0) is 9.53 Å². The summed E-state index contributed by atoms with van der Waals surface area (Å²) >= 11 is 0. The highest BCUT2D eigenvalue weighted by atomic mass is 16.5. The highest BCUT2D eigenvalue weighted by Crippen LogP contribution is 2.40. The third-order valence-corrected chi connectivity index (χ3v) is 7.77. The van der Waals surface area contributed by atoms with Gasteiger partial charge in [0.05, 0.1) is 5.60 Å². The SMILES string of the molecule is CC(=O)N(C1CC1)C1CCOC2(CCN(C(=O)c3ccc(-n4c(C)ccc4C)cc3)CC2)C1. The number of aryl methyl sites for hydroxylation is 2. The summed E-state index contributed by atoms with van der Waals surface area (Å²) in [5.74, 6) is 0.286.